The number of hydrogen-bond donors (Lipinski definition) is 3. The molecule has 0 saturated carbocycles. The molecular formula is C22H19ClF4N4O3S. The summed E-state index contributed by atoms with van der Waals surface area (Å²) in [5.41, 5.74) is 6.67. The van der Waals surface area contributed by atoms with Gasteiger partial charge >= 0.3 is 6.18 Å². The number of hydrazone groups is 1. The van der Waals surface area contributed by atoms with Gasteiger partial charge in [-0.15, -0.1) is 0 Å². The SMILES string of the molecule is NN/N=C(\N)Cc1cc(Oc2ccc(S(=O)(=O)Cc3ccccc3F)cc2Cl)cc(C(F)(F)F)c1. The molecule has 3 rings (SSSR count). The van der Waals surface area contributed by atoms with Crippen LogP contribution in [-0.4, -0.2) is 14.3 Å². The van der Waals surface area contributed by atoms with Gasteiger partial charge in [-0.2, -0.15) is 18.3 Å². The summed E-state index contributed by atoms with van der Waals surface area (Å²) in [6, 6.07) is 11.8. The Morgan fingerprint density at radius 1 is 1.09 bits per heavy atom. The highest BCUT2D eigenvalue weighted by atomic mass is 35.5. The predicted molar refractivity (Wildman–Crippen MR) is 123 cm³/mol. The van der Waals surface area contributed by atoms with Crippen molar-refractivity contribution in [3.63, 3.8) is 0 Å². The number of halogens is 5. The maximum atomic E-state index is 13.9. The molecule has 0 bridgehead atoms. The Hall–Kier alpha value is -3.35. The van der Waals surface area contributed by atoms with Crippen LogP contribution in [0.5, 0.6) is 11.5 Å². The molecule has 0 aliphatic carbocycles. The van der Waals surface area contributed by atoms with E-state index in [0.29, 0.717) is 0 Å². The first-order valence-electron chi connectivity index (χ1n) is 9.81. The number of nitrogens with two attached hydrogens (primary N) is 2. The van der Waals surface area contributed by atoms with E-state index in [4.69, 9.17) is 27.9 Å². The quantitative estimate of drug-likeness (QED) is 0.129. The van der Waals surface area contributed by atoms with E-state index in [9.17, 15) is 26.0 Å². The van der Waals surface area contributed by atoms with Crippen LogP contribution >= 0.6 is 11.6 Å². The zero-order valence-electron chi connectivity index (χ0n) is 17.8. The Labute approximate surface area is 203 Å². The van der Waals surface area contributed by atoms with E-state index in [1.165, 1.54) is 36.4 Å². The third-order valence-corrected chi connectivity index (χ3v) is 6.64. The molecule has 0 fully saturated rings. The van der Waals surface area contributed by atoms with Gasteiger partial charge in [0.2, 0.25) is 0 Å². The minimum Gasteiger partial charge on any atom is -0.456 e. The van der Waals surface area contributed by atoms with Gasteiger partial charge in [-0.3, -0.25) is 0 Å². The molecule has 0 spiro atoms. The van der Waals surface area contributed by atoms with Crippen LogP contribution in [0, 0.1) is 5.82 Å². The largest absolute Gasteiger partial charge is 0.456 e. The van der Waals surface area contributed by atoms with Gasteiger partial charge in [0, 0.05) is 12.0 Å². The fourth-order valence-electron chi connectivity index (χ4n) is 3.11. The fraction of sp³-hybridized carbons (Fsp3) is 0.136. The van der Waals surface area contributed by atoms with E-state index in [2.05, 4.69) is 5.10 Å². The van der Waals surface area contributed by atoms with Crippen molar-refractivity contribution in [1.29, 1.82) is 0 Å². The lowest BCUT2D eigenvalue weighted by atomic mass is 10.1. The maximum Gasteiger partial charge on any atom is 0.416 e. The van der Waals surface area contributed by atoms with Crippen molar-refractivity contribution in [3.8, 4) is 11.5 Å². The number of ether oxygens (including phenoxy) is 1. The van der Waals surface area contributed by atoms with E-state index in [1.54, 1.807) is 0 Å². The number of nitrogens with zero attached hydrogens (tertiary/aromatic N) is 1. The third-order valence-electron chi connectivity index (χ3n) is 4.68. The number of rotatable bonds is 8. The van der Waals surface area contributed by atoms with Gasteiger partial charge in [-0.25, -0.2) is 24.2 Å². The first kappa shape index (κ1) is 26.3. The highest BCUT2D eigenvalue weighted by Gasteiger charge is 2.31. The number of benzene rings is 3. The second-order valence-electron chi connectivity index (χ2n) is 7.32. The number of hydrogen-bond acceptors (Lipinski definition) is 6. The van der Waals surface area contributed by atoms with Gasteiger partial charge in [0.15, 0.2) is 9.84 Å². The maximum absolute atomic E-state index is 13.9. The normalized spacial score (nSPS) is 12.5. The number of sulfone groups is 1. The van der Waals surface area contributed by atoms with Crippen LogP contribution in [0.4, 0.5) is 17.6 Å². The Bertz CT molecular complexity index is 1370. The minimum absolute atomic E-state index is 0.0203. The number of hydrazine groups is 1. The molecule has 0 radical (unpaired) electrons. The average molecular weight is 531 g/mol. The standard InChI is InChI=1S/C22H19ClF4N4O3S/c23-18-11-17(35(32,33)12-14-3-1-2-4-19(14)24)5-6-20(18)34-16-8-13(9-21(28)30-31-29)7-15(10-16)22(25,26)27/h1-8,10-11,31H,9,12,29H2,(H2,28,30). The molecule has 3 aromatic rings. The van der Waals surface area contributed by atoms with Crippen molar-refractivity contribution in [2.75, 3.05) is 0 Å². The fourth-order valence-corrected chi connectivity index (χ4v) is 4.77. The lowest BCUT2D eigenvalue weighted by Gasteiger charge is -2.14. The Morgan fingerprint density at radius 2 is 1.80 bits per heavy atom. The van der Waals surface area contributed by atoms with E-state index in [1.807, 2.05) is 5.53 Å². The summed E-state index contributed by atoms with van der Waals surface area (Å²) in [4.78, 5) is -0.207. The molecule has 0 amide bonds. The third kappa shape index (κ3) is 6.84. The molecule has 5 N–H and O–H groups in total. The summed E-state index contributed by atoms with van der Waals surface area (Å²) in [5.74, 6) is 3.38. The Balaban J connectivity index is 1.90. The molecule has 35 heavy (non-hydrogen) atoms. The molecule has 13 heteroatoms. The molecule has 0 atom stereocenters. The molecule has 186 valence electrons. The summed E-state index contributed by atoms with van der Waals surface area (Å²) in [7, 11) is -3.97. The van der Waals surface area contributed by atoms with Gasteiger partial charge in [0.25, 0.3) is 0 Å². The number of alkyl halides is 3. The molecule has 0 heterocycles. The molecular weight excluding hydrogens is 512 g/mol. The van der Waals surface area contributed by atoms with E-state index in [0.717, 1.165) is 24.3 Å². The second-order valence-corrected chi connectivity index (χ2v) is 9.71. The number of amidine groups is 1. The van der Waals surface area contributed by atoms with Crippen LogP contribution < -0.4 is 21.8 Å². The van der Waals surface area contributed by atoms with Crippen molar-refractivity contribution in [2.45, 2.75) is 23.2 Å². The summed E-state index contributed by atoms with van der Waals surface area (Å²) in [6.45, 7) is 0. The smallest absolute Gasteiger partial charge is 0.416 e. The Morgan fingerprint density at radius 3 is 2.43 bits per heavy atom. The van der Waals surface area contributed by atoms with Crippen molar-refractivity contribution in [1.82, 2.24) is 5.53 Å². The summed E-state index contributed by atoms with van der Waals surface area (Å²) < 4.78 is 84.9. The minimum atomic E-state index is -4.68. The lowest BCUT2D eigenvalue weighted by Crippen LogP contribution is -2.24. The highest BCUT2D eigenvalue weighted by Crippen LogP contribution is 2.37. The summed E-state index contributed by atoms with van der Waals surface area (Å²) in [6.07, 6.45) is -4.84. The predicted octanol–water partition coefficient (Wildman–Crippen LogP) is 4.54. The first-order chi connectivity index (χ1) is 16.4. The monoisotopic (exact) mass is 530 g/mol. The van der Waals surface area contributed by atoms with Gasteiger partial charge < -0.3 is 10.5 Å². The Kier molecular flexibility index (Phi) is 7.88. The molecule has 7 nitrogen and oxygen atoms in total. The van der Waals surface area contributed by atoms with E-state index in [-0.39, 0.29) is 44.8 Å². The van der Waals surface area contributed by atoms with E-state index < -0.39 is 33.1 Å². The second kappa shape index (κ2) is 10.5. The summed E-state index contributed by atoms with van der Waals surface area (Å²) >= 11 is 6.17. The number of nitrogens with one attached hydrogen (secondary N) is 1. The molecule has 3 aromatic carbocycles. The van der Waals surface area contributed by atoms with Crippen molar-refractivity contribution in [2.24, 2.45) is 16.7 Å². The van der Waals surface area contributed by atoms with E-state index >= 15 is 0 Å². The summed E-state index contributed by atoms with van der Waals surface area (Å²) in [5, 5.41) is 3.33. The van der Waals surface area contributed by atoms with Crippen molar-refractivity contribution >= 4 is 27.3 Å². The van der Waals surface area contributed by atoms with Gasteiger partial charge in [0.1, 0.15) is 23.2 Å². The first-order valence-corrected chi connectivity index (χ1v) is 11.8. The topological polar surface area (TPSA) is 120 Å². The lowest BCUT2D eigenvalue weighted by molar-refractivity contribution is -0.137. The van der Waals surface area contributed by atoms with Crippen LogP contribution in [-0.2, 0) is 28.2 Å². The highest BCUT2D eigenvalue weighted by molar-refractivity contribution is 7.90. The molecule has 0 aliphatic heterocycles. The van der Waals surface area contributed by atoms with Crippen LogP contribution in [0.2, 0.25) is 5.02 Å². The van der Waals surface area contributed by atoms with Gasteiger partial charge in [-0.1, -0.05) is 29.8 Å². The molecule has 0 unspecified atom stereocenters. The zero-order valence-corrected chi connectivity index (χ0v) is 19.4. The van der Waals surface area contributed by atoms with Crippen LogP contribution in [0.1, 0.15) is 16.7 Å². The van der Waals surface area contributed by atoms with Gasteiger partial charge in [-0.05, 0) is 48.0 Å². The zero-order chi connectivity index (χ0) is 25.8. The average Bonchev–Trinajstić information content (AvgIpc) is 2.76. The van der Waals surface area contributed by atoms with Gasteiger partial charge in [0.05, 0.1) is 21.2 Å². The van der Waals surface area contributed by atoms with Crippen molar-refractivity contribution < 1.29 is 30.7 Å². The molecule has 0 saturated heterocycles. The van der Waals surface area contributed by atoms with Crippen LogP contribution in [0.3, 0.4) is 0 Å². The van der Waals surface area contributed by atoms with Crippen LogP contribution in [0.25, 0.3) is 0 Å². The van der Waals surface area contributed by atoms with Crippen molar-refractivity contribution in [3.05, 3.63) is 88.2 Å². The molecule has 0 aliphatic rings. The van der Waals surface area contributed by atoms with Crippen LogP contribution in [0.15, 0.2) is 70.7 Å². The molecule has 0 aromatic heterocycles.